The Labute approximate surface area is 115 Å². The summed E-state index contributed by atoms with van der Waals surface area (Å²) in [4.78, 5) is 15.5. The third-order valence-corrected chi connectivity index (χ3v) is 4.27. The van der Waals surface area contributed by atoms with Crippen LogP contribution in [-0.4, -0.2) is 21.1 Å². The van der Waals surface area contributed by atoms with Gasteiger partial charge in [0.2, 0.25) is 0 Å². The summed E-state index contributed by atoms with van der Waals surface area (Å²) in [6.07, 6.45) is 0. The average Bonchev–Trinajstić information content (AvgIpc) is 2.36. The zero-order valence-electron chi connectivity index (χ0n) is 10.5. The minimum atomic E-state index is -0.00134. The number of thioether (sulfide) groups is 1. The van der Waals surface area contributed by atoms with Gasteiger partial charge in [-0.25, -0.2) is 0 Å². The molecule has 0 radical (unpaired) electrons. The molecule has 2 aromatic rings. The molecular formula is C13H16N2OS2. The number of aromatic nitrogens is 2. The maximum Gasteiger partial charge on any atom is 0.262 e. The van der Waals surface area contributed by atoms with Gasteiger partial charge in [0.25, 0.3) is 5.56 Å². The molecular weight excluding hydrogens is 264 g/mol. The minimum absolute atomic E-state index is 0.00134. The van der Waals surface area contributed by atoms with Crippen molar-refractivity contribution >= 4 is 34.9 Å². The monoisotopic (exact) mass is 280 g/mol. The molecule has 0 aliphatic rings. The van der Waals surface area contributed by atoms with E-state index in [1.165, 1.54) is 0 Å². The lowest BCUT2D eigenvalue weighted by Crippen LogP contribution is -2.26. The van der Waals surface area contributed by atoms with Crippen LogP contribution in [0.4, 0.5) is 0 Å². The van der Waals surface area contributed by atoms with Crippen molar-refractivity contribution in [2.45, 2.75) is 19.9 Å². The highest BCUT2D eigenvalue weighted by molar-refractivity contribution is 7.99. The smallest absolute Gasteiger partial charge is 0.262 e. The molecule has 96 valence electrons. The minimum Gasteiger partial charge on any atom is -0.332 e. The van der Waals surface area contributed by atoms with E-state index in [-0.39, 0.29) is 11.6 Å². The third-order valence-electron chi connectivity index (χ3n) is 2.84. The Morgan fingerprint density at radius 2 is 2.17 bits per heavy atom. The molecule has 0 saturated heterocycles. The summed E-state index contributed by atoms with van der Waals surface area (Å²) in [5.41, 5.74) is 0.803. The van der Waals surface area contributed by atoms with Crippen LogP contribution in [-0.2, 0) is 0 Å². The number of fused-ring (bicyclic) bond motifs is 1. The molecule has 1 N–H and O–H groups in total. The number of benzene rings is 1. The highest BCUT2D eigenvalue weighted by atomic mass is 32.2. The molecule has 18 heavy (non-hydrogen) atoms. The van der Waals surface area contributed by atoms with Crippen LogP contribution >= 0.6 is 24.0 Å². The quantitative estimate of drug-likeness (QED) is 0.873. The Bertz CT molecular complexity index is 660. The second-order valence-electron chi connectivity index (χ2n) is 4.16. The van der Waals surface area contributed by atoms with Gasteiger partial charge in [0.1, 0.15) is 0 Å². The molecule has 0 aliphatic carbocycles. The van der Waals surface area contributed by atoms with Crippen molar-refractivity contribution in [2.24, 2.45) is 0 Å². The maximum absolute atomic E-state index is 12.4. The van der Waals surface area contributed by atoms with E-state index in [4.69, 9.17) is 12.2 Å². The fourth-order valence-electron chi connectivity index (χ4n) is 1.94. The van der Waals surface area contributed by atoms with Crippen molar-refractivity contribution in [1.82, 2.24) is 9.55 Å². The van der Waals surface area contributed by atoms with Crippen molar-refractivity contribution < 1.29 is 0 Å². The molecule has 1 atom stereocenters. The van der Waals surface area contributed by atoms with Gasteiger partial charge in [-0.05, 0) is 37.0 Å². The van der Waals surface area contributed by atoms with Crippen LogP contribution in [0.15, 0.2) is 29.1 Å². The van der Waals surface area contributed by atoms with Crippen molar-refractivity contribution in [1.29, 1.82) is 0 Å². The Hall–Kier alpha value is -1.07. The lowest BCUT2D eigenvalue weighted by molar-refractivity contribution is 0.573. The van der Waals surface area contributed by atoms with Crippen LogP contribution in [0, 0.1) is 4.77 Å². The number of H-pyrrole nitrogens is 1. The molecule has 0 amide bonds. The summed E-state index contributed by atoms with van der Waals surface area (Å²) >= 11 is 7.11. The summed E-state index contributed by atoms with van der Waals surface area (Å²) in [5, 5.41) is 0.694. The van der Waals surface area contributed by atoms with Gasteiger partial charge in [-0.15, -0.1) is 0 Å². The first-order chi connectivity index (χ1) is 8.65. The SMILES string of the molecule is CCSCC(C)n1c(=S)[nH]c2ccccc2c1=O. The highest BCUT2D eigenvalue weighted by Gasteiger charge is 2.11. The summed E-state index contributed by atoms with van der Waals surface area (Å²) in [6.45, 7) is 4.14. The topological polar surface area (TPSA) is 37.8 Å². The van der Waals surface area contributed by atoms with E-state index in [9.17, 15) is 4.79 Å². The molecule has 0 aliphatic heterocycles. The summed E-state index contributed by atoms with van der Waals surface area (Å²) < 4.78 is 2.18. The van der Waals surface area contributed by atoms with Gasteiger partial charge in [-0.1, -0.05) is 19.1 Å². The molecule has 2 rings (SSSR count). The van der Waals surface area contributed by atoms with Crippen LogP contribution in [0.1, 0.15) is 19.9 Å². The first kappa shape index (κ1) is 13.4. The normalized spacial score (nSPS) is 12.8. The molecule has 1 unspecified atom stereocenters. The van der Waals surface area contributed by atoms with Gasteiger partial charge < -0.3 is 4.98 Å². The molecule has 1 aromatic carbocycles. The van der Waals surface area contributed by atoms with Crippen molar-refractivity contribution in [3.8, 4) is 0 Å². The summed E-state index contributed by atoms with van der Waals surface area (Å²) in [6, 6.07) is 7.59. The van der Waals surface area contributed by atoms with Crippen LogP contribution in [0.5, 0.6) is 0 Å². The Morgan fingerprint density at radius 3 is 2.89 bits per heavy atom. The number of nitrogens with zero attached hydrogens (tertiary/aromatic N) is 1. The van der Waals surface area contributed by atoms with Gasteiger partial charge in [0.15, 0.2) is 4.77 Å². The van der Waals surface area contributed by atoms with E-state index >= 15 is 0 Å². The zero-order valence-corrected chi connectivity index (χ0v) is 12.1. The molecule has 1 heterocycles. The van der Waals surface area contributed by atoms with Gasteiger partial charge >= 0.3 is 0 Å². The second kappa shape index (κ2) is 5.71. The van der Waals surface area contributed by atoms with E-state index in [0.717, 1.165) is 17.0 Å². The predicted molar refractivity (Wildman–Crippen MR) is 81.1 cm³/mol. The van der Waals surface area contributed by atoms with Crippen LogP contribution in [0.3, 0.4) is 0 Å². The average molecular weight is 280 g/mol. The molecule has 1 aromatic heterocycles. The van der Waals surface area contributed by atoms with E-state index in [1.54, 1.807) is 4.57 Å². The molecule has 3 nitrogen and oxygen atoms in total. The lowest BCUT2D eigenvalue weighted by atomic mass is 10.2. The fraction of sp³-hybridized carbons (Fsp3) is 0.385. The number of rotatable bonds is 4. The Kier molecular flexibility index (Phi) is 4.24. The van der Waals surface area contributed by atoms with E-state index in [0.29, 0.717) is 10.2 Å². The Morgan fingerprint density at radius 1 is 1.44 bits per heavy atom. The number of hydrogen-bond acceptors (Lipinski definition) is 3. The summed E-state index contributed by atoms with van der Waals surface area (Å²) in [7, 11) is 0. The highest BCUT2D eigenvalue weighted by Crippen LogP contribution is 2.14. The zero-order chi connectivity index (χ0) is 13.1. The molecule has 0 fully saturated rings. The standard InChI is InChI=1S/C13H16N2OS2/c1-3-18-8-9(2)15-12(16)10-6-4-5-7-11(10)14-13(15)17/h4-7,9H,3,8H2,1-2H3,(H,14,17). The van der Waals surface area contributed by atoms with Gasteiger partial charge in [0.05, 0.1) is 10.9 Å². The largest absolute Gasteiger partial charge is 0.332 e. The van der Waals surface area contributed by atoms with E-state index in [1.807, 2.05) is 43.0 Å². The Balaban J connectivity index is 2.57. The van der Waals surface area contributed by atoms with Crippen molar-refractivity contribution in [3.63, 3.8) is 0 Å². The number of para-hydroxylation sites is 1. The van der Waals surface area contributed by atoms with Crippen LogP contribution < -0.4 is 5.56 Å². The van der Waals surface area contributed by atoms with E-state index < -0.39 is 0 Å². The number of nitrogens with one attached hydrogen (secondary N) is 1. The van der Waals surface area contributed by atoms with Crippen LogP contribution in [0.25, 0.3) is 10.9 Å². The first-order valence-electron chi connectivity index (χ1n) is 5.96. The maximum atomic E-state index is 12.4. The lowest BCUT2D eigenvalue weighted by Gasteiger charge is -2.15. The molecule has 0 bridgehead atoms. The predicted octanol–water partition coefficient (Wildman–Crippen LogP) is 3.37. The van der Waals surface area contributed by atoms with Gasteiger partial charge in [-0.3, -0.25) is 9.36 Å². The number of hydrogen-bond donors (Lipinski definition) is 1. The summed E-state index contributed by atoms with van der Waals surface area (Å²) in [5.74, 6) is 1.94. The van der Waals surface area contributed by atoms with Crippen LogP contribution in [0.2, 0.25) is 0 Å². The fourth-order valence-corrected chi connectivity index (χ4v) is 3.04. The second-order valence-corrected chi connectivity index (χ2v) is 5.87. The molecule has 0 saturated carbocycles. The van der Waals surface area contributed by atoms with Gasteiger partial charge in [0, 0.05) is 11.8 Å². The third kappa shape index (κ3) is 2.52. The molecule has 5 heteroatoms. The van der Waals surface area contributed by atoms with Crippen molar-refractivity contribution in [2.75, 3.05) is 11.5 Å². The molecule has 0 spiro atoms. The van der Waals surface area contributed by atoms with Crippen molar-refractivity contribution in [3.05, 3.63) is 39.4 Å². The number of aromatic amines is 1. The first-order valence-corrected chi connectivity index (χ1v) is 7.52. The van der Waals surface area contributed by atoms with Gasteiger partial charge in [-0.2, -0.15) is 11.8 Å². The van der Waals surface area contributed by atoms with E-state index in [2.05, 4.69) is 11.9 Å².